The van der Waals surface area contributed by atoms with E-state index in [2.05, 4.69) is 0 Å². The number of ketones is 2. The van der Waals surface area contributed by atoms with Gasteiger partial charge in [-0.05, 0) is 31.4 Å². The van der Waals surface area contributed by atoms with Crippen LogP contribution in [-0.2, 0) is 9.53 Å². The summed E-state index contributed by atoms with van der Waals surface area (Å²) in [6, 6.07) is 8.31. The third-order valence-corrected chi connectivity index (χ3v) is 5.50. The molecule has 0 unspecified atom stereocenters. The van der Waals surface area contributed by atoms with Crippen LogP contribution < -0.4 is 0 Å². The van der Waals surface area contributed by atoms with Gasteiger partial charge >= 0.3 is 5.97 Å². The molecule has 0 spiro atoms. The second kappa shape index (κ2) is 8.10. The van der Waals surface area contributed by atoms with Gasteiger partial charge in [0.1, 0.15) is 11.1 Å². The largest absolute Gasteiger partial charge is 0.452 e. The van der Waals surface area contributed by atoms with Crippen molar-refractivity contribution in [2.75, 3.05) is 19.7 Å². The Balaban J connectivity index is 1.66. The quantitative estimate of drug-likeness (QED) is 0.359. The predicted octanol–water partition coefficient (Wildman–Crippen LogP) is 2.54. The van der Waals surface area contributed by atoms with Crippen LogP contribution in [0.4, 0.5) is 5.69 Å². The summed E-state index contributed by atoms with van der Waals surface area (Å²) in [4.78, 5) is 63.0. The number of rotatable bonds is 4. The summed E-state index contributed by atoms with van der Waals surface area (Å²) in [5.41, 5.74) is -1.66. The number of nitro groups is 1. The maximum atomic E-state index is 13.0. The summed E-state index contributed by atoms with van der Waals surface area (Å²) in [5, 5.41) is 11.8. The molecule has 4 rings (SSSR count). The van der Waals surface area contributed by atoms with Gasteiger partial charge in [-0.1, -0.05) is 24.3 Å². The van der Waals surface area contributed by atoms with Crippen molar-refractivity contribution in [3.05, 3.63) is 74.3 Å². The molecular formula is C22H18N2O7. The van der Waals surface area contributed by atoms with Gasteiger partial charge in [-0.15, -0.1) is 0 Å². The Hall–Kier alpha value is -3.88. The first-order valence-electron chi connectivity index (χ1n) is 9.85. The zero-order valence-electron chi connectivity index (χ0n) is 16.5. The maximum absolute atomic E-state index is 13.0. The molecule has 1 aliphatic carbocycles. The number of fused-ring (bicyclic) bond motifs is 2. The molecule has 1 aliphatic heterocycles. The Morgan fingerprint density at radius 2 is 1.58 bits per heavy atom. The second-order valence-corrected chi connectivity index (χ2v) is 7.36. The number of amides is 1. The average Bonchev–Trinajstić information content (AvgIpc) is 2.80. The van der Waals surface area contributed by atoms with Crippen LogP contribution >= 0.6 is 0 Å². The van der Waals surface area contributed by atoms with Crippen LogP contribution in [0.5, 0.6) is 0 Å². The van der Waals surface area contributed by atoms with Crippen LogP contribution in [0.2, 0.25) is 0 Å². The van der Waals surface area contributed by atoms with Crippen molar-refractivity contribution in [2.45, 2.75) is 19.3 Å². The summed E-state index contributed by atoms with van der Waals surface area (Å²) in [6.45, 7) is 0.597. The second-order valence-electron chi connectivity index (χ2n) is 7.36. The van der Waals surface area contributed by atoms with Gasteiger partial charge in [0.15, 0.2) is 12.4 Å². The number of piperidine rings is 1. The van der Waals surface area contributed by atoms with Gasteiger partial charge in [0, 0.05) is 29.8 Å². The summed E-state index contributed by atoms with van der Waals surface area (Å²) < 4.78 is 5.03. The third-order valence-electron chi connectivity index (χ3n) is 5.50. The third kappa shape index (κ3) is 3.58. The van der Waals surface area contributed by atoms with E-state index in [1.54, 1.807) is 17.0 Å². The lowest BCUT2D eigenvalue weighted by Gasteiger charge is -2.26. The van der Waals surface area contributed by atoms with Gasteiger partial charge in [-0.25, -0.2) is 4.79 Å². The van der Waals surface area contributed by atoms with Gasteiger partial charge in [0.05, 0.1) is 4.92 Å². The molecule has 1 heterocycles. The summed E-state index contributed by atoms with van der Waals surface area (Å²) >= 11 is 0. The number of esters is 1. The zero-order chi connectivity index (χ0) is 22.1. The zero-order valence-corrected chi connectivity index (χ0v) is 16.5. The first-order valence-corrected chi connectivity index (χ1v) is 9.85. The number of benzene rings is 2. The Morgan fingerprint density at radius 1 is 0.935 bits per heavy atom. The number of carbonyl (C=O) groups is 4. The highest BCUT2D eigenvalue weighted by Crippen LogP contribution is 2.35. The van der Waals surface area contributed by atoms with E-state index in [0.717, 1.165) is 25.3 Å². The Bertz CT molecular complexity index is 1130. The average molecular weight is 422 g/mol. The van der Waals surface area contributed by atoms with E-state index in [4.69, 9.17) is 4.74 Å². The Morgan fingerprint density at radius 3 is 2.23 bits per heavy atom. The molecule has 0 radical (unpaired) electrons. The first-order chi connectivity index (χ1) is 14.9. The highest BCUT2D eigenvalue weighted by molar-refractivity contribution is 6.30. The lowest BCUT2D eigenvalue weighted by Crippen LogP contribution is -2.38. The van der Waals surface area contributed by atoms with E-state index in [9.17, 15) is 29.3 Å². The number of nitrogens with zero attached hydrogens (tertiary/aromatic N) is 2. The molecule has 2 aromatic carbocycles. The summed E-state index contributed by atoms with van der Waals surface area (Å²) in [5.74, 6) is -2.72. The maximum Gasteiger partial charge on any atom is 0.345 e. The van der Waals surface area contributed by atoms with Crippen molar-refractivity contribution >= 4 is 29.1 Å². The van der Waals surface area contributed by atoms with Crippen LogP contribution in [0.1, 0.15) is 61.5 Å². The topological polar surface area (TPSA) is 124 Å². The van der Waals surface area contributed by atoms with E-state index in [1.807, 2.05) is 0 Å². The highest BCUT2D eigenvalue weighted by atomic mass is 16.6. The normalized spacial score (nSPS) is 15.2. The molecule has 2 aromatic rings. The molecule has 0 aromatic heterocycles. The molecule has 0 atom stereocenters. The van der Waals surface area contributed by atoms with Gasteiger partial charge in [-0.3, -0.25) is 24.5 Å². The number of hydrogen-bond donors (Lipinski definition) is 0. The smallest absolute Gasteiger partial charge is 0.345 e. The minimum absolute atomic E-state index is 0.0360. The van der Waals surface area contributed by atoms with Gasteiger partial charge in [-0.2, -0.15) is 0 Å². The number of carbonyl (C=O) groups excluding carboxylic acids is 4. The molecule has 1 amide bonds. The van der Waals surface area contributed by atoms with Crippen molar-refractivity contribution in [2.24, 2.45) is 0 Å². The van der Waals surface area contributed by atoms with Gasteiger partial charge in [0.25, 0.3) is 11.6 Å². The Labute approximate surface area is 176 Å². The van der Waals surface area contributed by atoms with E-state index in [1.165, 1.54) is 18.2 Å². The molecule has 1 fully saturated rings. The predicted molar refractivity (Wildman–Crippen MR) is 107 cm³/mol. The monoisotopic (exact) mass is 422 g/mol. The van der Waals surface area contributed by atoms with Crippen LogP contribution in [0.25, 0.3) is 0 Å². The number of ether oxygens (including phenoxy) is 1. The van der Waals surface area contributed by atoms with E-state index in [-0.39, 0.29) is 22.6 Å². The first kappa shape index (κ1) is 20.4. The van der Waals surface area contributed by atoms with E-state index >= 15 is 0 Å². The molecule has 9 heteroatoms. The van der Waals surface area contributed by atoms with Crippen molar-refractivity contribution < 1.29 is 28.8 Å². The molecule has 2 aliphatic rings. The van der Waals surface area contributed by atoms with Crippen molar-refractivity contribution in [1.82, 2.24) is 4.90 Å². The van der Waals surface area contributed by atoms with Crippen molar-refractivity contribution in [1.29, 1.82) is 0 Å². The van der Waals surface area contributed by atoms with Crippen molar-refractivity contribution in [3.63, 3.8) is 0 Å². The SMILES string of the molecule is O=C1c2ccccc2C(=O)c2c1ccc(C(=O)OCC(=O)N1CCCCC1)c2[N+](=O)[O-]. The number of likely N-dealkylation sites (tertiary alicyclic amines) is 1. The summed E-state index contributed by atoms with van der Waals surface area (Å²) in [6.07, 6.45) is 2.77. The molecule has 0 N–H and O–H groups in total. The molecular weight excluding hydrogens is 404 g/mol. The fourth-order valence-electron chi connectivity index (χ4n) is 3.96. The lowest BCUT2D eigenvalue weighted by molar-refractivity contribution is -0.385. The fourth-order valence-corrected chi connectivity index (χ4v) is 3.96. The molecule has 158 valence electrons. The summed E-state index contributed by atoms with van der Waals surface area (Å²) in [7, 11) is 0. The van der Waals surface area contributed by atoms with Crippen molar-refractivity contribution in [3.8, 4) is 0 Å². The highest BCUT2D eigenvalue weighted by Gasteiger charge is 2.39. The standard InChI is InChI=1S/C22H18N2O7/c25-17(23-10-4-1-5-11-23)12-31-22(28)16-9-8-15-18(19(16)24(29)30)21(27)14-7-3-2-6-13(14)20(15)26/h2-3,6-9H,1,4-5,10-12H2. The van der Waals surface area contributed by atoms with Crippen LogP contribution in [0.15, 0.2) is 36.4 Å². The molecule has 0 saturated carbocycles. The van der Waals surface area contributed by atoms with Crippen LogP contribution in [0.3, 0.4) is 0 Å². The van der Waals surface area contributed by atoms with E-state index in [0.29, 0.717) is 13.1 Å². The van der Waals surface area contributed by atoms with Crippen LogP contribution in [0, 0.1) is 10.1 Å². The Kier molecular flexibility index (Phi) is 5.33. The molecule has 0 bridgehead atoms. The van der Waals surface area contributed by atoms with Gasteiger partial charge in [0.2, 0.25) is 5.78 Å². The lowest BCUT2D eigenvalue weighted by atomic mass is 9.82. The minimum atomic E-state index is -1.10. The fraction of sp³-hybridized carbons (Fsp3) is 0.273. The number of hydrogen-bond acceptors (Lipinski definition) is 7. The van der Waals surface area contributed by atoms with Gasteiger partial charge < -0.3 is 9.64 Å². The minimum Gasteiger partial charge on any atom is -0.452 e. The molecule has 9 nitrogen and oxygen atoms in total. The molecule has 1 saturated heterocycles. The number of nitro benzene ring substituents is 1. The van der Waals surface area contributed by atoms with Crippen LogP contribution in [-0.4, -0.2) is 53.0 Å². The molecule has 31 heavy (non-hydrogen) atoms. The van der Waals surface area contributed by atoms with E-state index < -0.39 is 45.9 Å².